The van der Waals surface area contributed by atoms with Gasteiger partial charge in [-0.2, -0.15) is 0 Å². The van der Waals surface area contributed by atoms with Gasteiger partial charge in [0.05, 0.1) is 13.7 Å². The van der Waals surface area contributed by atoms with Crippen molar-refractivity contribution < 1.29 is 9.47 Å². The number of hydrogen-bond acceptors (Lipinski definition) is 2. The molecule has 0 saturated carbocycles. The van der Waals surface area contributed by atoms with Crippen LogP contribution in [0.15, 0.2) is 109 Å². The third kappa shape index (κ3) is 12.4. The summed E-state index contributed by atoms with van der Waals surface area (Å²) in [5.74, 6) is 2.27. The van der Waals surface area contributed by atoms with Gasteiger partial charge in [0.1, 0.15) is 11.5 Å². The van der Waals surface area contributed by atoms with E-state index in [2.05, 4.69) is 161 Å². The van der Waals surface area contributed by atoms with E-state index in [1.165, 1.54) is 131 Å². The molecule has 1 aliphatic rings. The predicted octanol–water partition coefficient (Wildman–Crippen LogP) is 18.1. The molecule has 6 rings (SSSR count). The standard InChI is InChI=1S/C60H76O2/c1-6-10-13-15-17-24-41-60(42-25-18-16-14-11-7-2)56-30-23-22-29-54(56)55-40-39-51(43-57(55)60)50-35-31-49(32-36-50)34-37-52-45-59(62-46-47(9-4)26-12-8-3)53(44-58(52)61-5)38-33-48-27-20-19-21-28-48/h19-23,27-40,43-45,47H,6-18,24-26,41-42,46H2,1-5H3/b37-34+,38-33+. The third-order valence-corrected chi connectivity index (χ3v) is 13.5. The van der Waals surface area contributed by atoms with Gasteiger partial charge in [-0.1, -0.05) is 239 Å². The summed E-state index contributed by atoms with van der Waals surface area (Å²) in [6.45, 7) is 9.89. The van der Waals surface area contributed by atoms with E-state index in [0.29, 0.717) is 12.5 Å². The highest BCUT2D eigenvalue weighted by atomic mass is 16.5. The molecule has 0 amide bonds. The molecule has 0 bridgehead atoms. The van der Waals surface area contributed by atoms with E-state index in [1.807, 2.05) is 0 Å². The van der Waals surface area contributed by atoms with Crippen molar-refractivity contribution in [3.8, 4) is 33.8 Å². The summed E-state index contributed by atoms with van der Waals surface area (Å²) in [6, 6.07) is 40.6. The Labute approximate surface area is 376 Å². The minimum atomic E-state index is 0.0849. The highest BCUT2D eigenvalue weighted by Crippen LogP contribution is 2.55. The zero-order valence-electron chi connectivity index (χ0n) is 39.0. The van der Waals surface area contributed by atoms with Crippen LogP contribution in [0, 0.1) is 5.92 Å². The van der Waals surface area contributed by atoms with Gasteiger partial charge in [0, 0.05) is 16.5 Å². The summed E-state index contributed by atoms with van der Waals surface area (Å²) in [5.41, 5.74) is 13.1. The van der Waals surface area contributed by atoms with E-state index in [1.54, 1.807) is 18.2 Å². The zero-order valence-corrected chi connectivity index (χ0v) is 39.0. The molecule has 2 heteroatoms. The summed E-state index contributed by atoms with van der Waals surface area (Å²) in [4.78, 5) is 0. The van der Waals surface area contributed by atoms with Gasteiger partial charge in [-0.25, -0.2) is 0 Å². The van der Waals surface area contributed by atoms with Crippen molar-refractivity contribution in [1.82, 2.24) is 0 Å². The van der Waals surface area contributed by atoms with Crippen molar-refractivity contribution in [2.75, 3.05) is 13.7 Å². The highest BCUT2D eigenvalue weighted by Gasteiger charge is 2.42. The minimum Gasteiger partial charge on any atom is -0.496 e. The van der Waals surface area contributed by atoms with Crippen molar-refractivity contribution in [3.05, 3.63) is 143 Å². The molecule has 2 nitrogen and oxygen atoms in total. The summed E-state index contributed by atoms with van der Waals surface area (Å²) in [7, 11) is 1.76. The second kappa shape index (κ2) is 24.7. The maximum atomic E-state index is 6.64. The lowest BCUT2D eigenvalue weighted by molar-refractivity contribution is 0.232. The minimum absolute atomic E-state index is 0.0849. The molecular formula is C60H76O2. The quantitative estimate of drug-likeness (QED) is 0.0388. The van der Waals surface area contributed by atoms with E-state index in [0.717, 1.165) is 40.2 Å². The summed E-state index contributed by atoms with van der Waals surface area (Å²) >= 11 is 0. The van der Waals surface area contributed by atoms with Crippen LogP contribution in [-0.2, 0) is 5.41 Å². The number of unbranched alkanes of at least 4 members (excludes halogenated alkanes) is 11. The number of benzene rings is 5. The van der Waals surface area contributed by atoms with E-state index in [4.69, 9.17) is 9.47 Å². The molecule has 0 heterocycles. The monoisotopic (exact) mass is 829 g/mol. The molecule has 62 heavy (non-hydrogen) atoms. The van der Waals surface area contributed by atoms with Crippen LogP contribution in [0.1, 0.15) is 177 Å². The largest absolute Gasteiger partial charge is 0.496 e. The van der Waals surface area contributed by atoms with E-state index < -0.39 is 0 Å². The zero-order chi connectivity index (χ0) is 43.4. The molecule has 0 spiro atoms. The fourth-order valence-electron chi connectivity index (χ4n) is 9.70. The van der Waals surface area contributed by atoms with Crippen molar-refractivity contribution in [1.29, 1.82) is 0 Å². The fourth-order valence-corrected chi connectivity index (χ4v) is 9.70. The summed E-state index contributed by atoms with van der Waals surface area (Å²) in [5, 5.41) is 0. The Kier molecular flexibility index (Phi) is 18.6. The number of rotatable bonds is 27. The first-order valence-corrected chi connectivity index (χ1v) is 24.6. The Hall–Kier alpha value is -4.82. The Morgan fingerprint density at radius 2 is 1.03 bits per heavy atom. The predicted molar refractivity (Wildman–Crippen MR) is 270 cm³/mol. The van der Waals surface area contributed by atoms with Gasteiger partial charge in [-0.05, 0) is 87.9 Å². The van der Waals surface area contributed by atoms with Crippen LogP contribution in [0.5, 0.6) is 11.5 Å². The summed E-state index contributed by atoms with van der Waals surface area (Å²) in [6.07, 6.45) is 31.9. The maximum Gasteiger partial charge on any atom is 0.127 e. The molecule has 0 fully saturated rings. The fraction of sp³-hybridized carbons (Fsp3) is 0.433. The molecule has 0 radical (unpaired) electrons. The van der Waals surface area contributed by atoms with Gasteiger partial charge in [0.2, 0.25) is 0 Å². The lowest BCUT2D eigenvalue weighted by atomic mass is 9.70. The second-order valence-electron chi connectivity index (χ2n) is 18.0. The molecular weight excluding hydrogens is 753 g/mol. The Bertz CT molecular complexity index is 2120. The molecule has 0 saturated heterocycles. The van der Waals surface area contributed by atoms with Crippen LogP contribution in [0.2, 0.25) is 0 Å². The Morgan fingerprint density at radius 3 is 1.68 bits per heavy atom. The van der Waals surface area contributed by atoms with Crippen molar-refractivity contribution >= 4 is 24.3 Å². The summed E-state index contributed by atoms with van der Waals surface area (Å²) < 4.78 is 12.6. The lowest BCUT2D eigenvalue weighted by Crippen LogP contribution is -2.25. The molecule has 1 aliphatic carbocycles. The SMILES string of the molecule is CCCCCCCCC1(CCCCCCCC)c2ccccc2-c2ccc(-c3ccc(/C=C/c4cc(OCC(CC)CCCC)c(/C=C/c5ccccc5)cc4OC)cc3)cc21. The Morgan fingerprint density at radius 1 is 0.484 bits per heavy atom. The van der Waals surface area contributed by atoms with Gasteiger partial charge in [0.25, 0.3) is 0 Å². The first-order chi connectivity index (χ1) is 30.5. The number of ether oxygens (including phenoxy) is 2. The maximum absolute atomic E-state index is 6.64. The Balaban J connectivity index is 1.25. The highest BCUT2D eigenvalue weighted by molar-refractivity contribution is 5.84. The van der Waals surface area contributed by atoms with Crippen LogP contribution in [-0.4, -0.2) is 13.7 Å². The first kappa shape index (κ1) is 46.7. The van der Waals surface area contributed by atoms with Gasteiger partial charge in [-0.15, -0.1) is 0 Å². The lowest BCUT2D eigenvalue weighted by Gasteiger charge is -2.33. The molecule has 1 atom stereocenters. The van der Waals surface area contributed by atoms with E-state index in [9.17, 15) is 0 Å². The average Bonchev–Trinajstić information content (AvgIpc) is 3.59. The number of hydrogen-bond donors (Lipinski definition) is 0. The van der Waals surface area contributed by atoms with E-state index in [-0.39, 0.29) is 5.41 Å². The molecule has 0 N–H and O–H groups in total. The number of methoxy groups -OCH3 is 1. The second-order valence-corrected chi connectivity index (χ2v) is 18.0. The van der Waals surface area contributed by atoms with Crippen molar-refractivity contribution in [2.45, 2.75) is 149 Å². The smallest absolute Gasteiger partial charge is 0.127 e. The van der Waals surface area contributed by atoms with Crippen LogP contribution in [0.4, 0.5) is 0 Å². The van der Waals surface area contributed by atoms with Crippen LogP contribution in [0.3, 0.4) is 0 Å². The molecule has 0 aliphatic heterocycles. The molecule has 328 valence electrons. The van der Waals surface area contributed by atoms with Gasteiger partial charge in [-0.3, -0.25) is 0 Å². The van der Waals surface area contributed by atoms with Crippen LogP contribution < -0.4 is 9.47 Å². The van der Waals surface area contributed by atoms with Gasteiger partial charge < -0.3 is 9.47 Å². The molecule has 5 aromatic carbocycles. The van der Waals surface area contributed by atoms with Gasteiger partial charge >= 0.3 is 0 Å². The number of fused-ring (bicyclic) bond motifs is 3. The first-order valence-electron chi connectivity index (χ1n) is 24.6. The molecule has 0 aromatic heterocycles. The molecule has 1 unspecified atom stereocenters. The van der Waals surface area contributed by atoms with Gasteiger partial charge in [0.15, 0.2) is 0 Å². The average molecular weight is 829 g/mol. The van der Waals surface area contributed by atoms with Crippen LogP contribution >= 0.6 is 0 Å². The topological polar surface area (TPSA) is 18.5 Å². The van der Waals surface area contributed by atoms with Crippen LogP contribution in [0.25, 0.3) is 46.6 Å². The normalized spacial score (nSPS) is 13.4. The third-order valence-electron chi connectivity index (χ3n) is 13.5. The molecule has 5 aromatic rings. The van der Waals surface area contributed by atoms with Crippen molar-refractivity contribution in [2.24, 2.45) is 5.92 Å². The van der Waals surface area contributed by atoms with E-state index >= 15 is 0 Å². The van der Waals surface area contributed by atoms with Crippen molar-refractivity contribution in [3.63, 3.8) is 0 Å².